The quantitative estimate of drug-likeness (QED) is 0.464. The number of ether oxygens (including phenoxy) is 3. The maximum Gasteiger partial charge on any atom is 0.308 e. The van der Waals surface area contributed by atoms with Crippen LogP contribution in [0.3, 0.4) is 0 Å². The third-order valence-electron chi connectivity index (χ3n) is 7.77. The summed E-state index contributed by atoms with van der Waals surface area (Å²) in [6.07, 6.45) is 2.08. The lowest BCUT2D eigenvalue weighted by molar-refractivity contribution is -0.576. The second-order valence-electron chi connectivity index (χ2n) is 10.9. The minimum absolute atomic E-state index is 0.0225. The van der Waals surface area contributed by atoms with Crippen molar-refractivity contribution >= 4 is 11.9 Å². The highest BCUT2D eigenvalue weighted by Gasteiger charge is 2.69. The molecule has 5 rings (SSSR count). The van der Waals surface area contributed by atoms with Crippen LogP contribution < -0.4 is 5.32 Å². The fourth-order valence-electron chi connectivity index (χ4n) is 5.89. The zero-order valence-corrected chi connectivity index (χ0v) is 19.7. The number of rotatable bonds is 6. The molecule has 1 aliphatic carbocycles. The molecule has 0 radical (unpaired) electrons. The molecule has 0 aromatic carbocycles. The predicted molar refractivity (Wildman–Crippen MR) is 111 cm³/mol. The molecule has 9 heteroatoms. The van der Waals surface area contributed by atoms with E-state index in [-0.39, 0.29) is 43.1 Å². The summed E-state index contributed by atoms with van der Waals surface area (Å²) in [7, 11) is 0. The molecule has 1 spiro atoms. The zero-order chi connectivity index (χ0) is 23.3. The van der Waals surface area contributed by atoms with Gasteiger partial charge in [0.1, 0.15) is 0 Å². The van der Waals surface area contributed by atoms with Crippen molar-refractivity contribution in [3.63, 3.8) is 0 Å². The van der Waals surface area contributed by atoms with E-state index in [1.165, 1.54) is 0 Å². The Labute approximate surface area is 189 Å². The van der Waals surface area contributed by atoms with E-state index in [0.29, 0.717) is 12.3 Å². The second kappa shape index (κ2) is 8.51. The van der Waals surface area contributed by atoms with Crippen molar-refractivity contribution in [1.82, 2.24) is 5.32 Å². The van der Waals surface area contributed by atoms with E-state index >= 15 is 0 Å². The van der Waals surface area contributed by atoms with E-state index in [0.717, 1.165) is 19.3 Å². The molecule has 5 aliphatic rings. The molecule has 4 saturated heterocycles. The van der Waals surface area contributed by atoms with Crippen molar-refractivity contribution in [2.45, 2.75) is 103 Å². The van der Waals surface area contributed by atoms with E-state index in [9.17, 15) is 14.7 Å². The lowest BCUT2D eigenvalue weighted by Crippen LogP contribution is -2.70. The Kier molecular flexibility index (Phi) is 6.35. The minimum atomic E-state index is -0.885. The topological polar surface area (TPSA) is 113 Å². The lowest BCUT2D eigenvalue weighted by Gasteiger charge is -2.59. The molecular weight excluding hydrogens is 418 g/mol. The number of carbonyl (C=O) groups excluding carboxylic acids is 2. The summed E-state index contributed by atoms with van der Waals surface area (Å²) in [5, 5.41) is 12.0. The van der Waals surface area contributed by atoms with Gasteiger partial charge in [0, 0.05) is 24.7 Å². The van der Waals surface area contributed by atoms with E-state index in [1.54, 1.807) is 13.8 Å². The van der Waals surface area contributed by atoms with Crippen molar-refractivity contribution in [2.24, 2.45) is 23.7 Å². The molecule has 2 bridgehead atoms. The van der Waals surface area contributed by atoms with Crippen LogP contribution in [-0.2, 0) is 33.6 Å². The van der Waals surface area contributed by atoms with Crippen LogP contribution in [0.15, 0.2) is 0 Å². The summed E-state index contributed by atoms with van der Waals surface area (Å²) >= 11 is 0. The molecule has 2 N–H and O–H groups in total. The van der Waals surface area contributed by atoms with E-state index in [1.807, 2.05) is 13.8 Å². The van der Waals surface area contributed by atoms with Crippen LogP contribution in [0.2, 0.25) is 0 Å². The molecule has 8 atom stereocenters. The number of aliphatic hydroxyl groups excluding tert-OH is 1. The van der Waals surface area contributed by atoms with Crippen LogP contribution in [0.5, 0.6) is 0 Å². The maximum absolute atomic E-state index is 12.5. The van der Waals surface area contributed by atoms with E-state index in [4.69, 9.17) is 24.0 Å². The fourth-order valence-corrected chi connectivity index (χ4v) is 5.89. The lowest BCUT2D eigenvalue weighted by atomic mass is 9.58. The normalized spacial score (nSPS) is 43.2. The Morgan fingerprint density at radius 1 is 1.12 bits per heavy atom. The molecular formula is C23H37NO8. The van der Waals surface area contributed by atoms with Crippen LogP contribution in [0, 0.1) is 23.7 Å². The first-order chi connectivity index (χ1) is 15.0. The Bertz CT molecular complexity index is 744. The van der Waals surface area contributed by atoms with Gasteiger partial charge >= 0.3 is 5.97 Å². The van der Waals surface area contributed by atoms with Gasteiger partial charge in [0.2, 0.25) is 18.0 Å². The van der Waals surface area contributed by atoms with Crippen molar-refractivity contribution in [1.29, 1.82) is 0 Å². The van der Waals surface area contributed by atoms with Crippen LogP contribution in [0.4, 0.5) is 0 Å². The third kappa shape index (κ3) is 4.18. The van der Waals surface area contributed by atoms with Crippen molar-refractivity contribution < 1.29 is 38.7 Å². The summed E-state index contributed by atoms with van der Waals surface area (Å²) in [6, 6.07) is 0. The van der Waals surface area contributed by atoms with Gasteiger partial charge in [-0.3, -0.25) is 9.59 Å². The van der Waals surface area contributed by atoms with Gasteiger partial charge < -0.3 is 24.6 Å². The second-order valence-corrected chi connectivity index (χ2v) is 10.9. The molecule has 5 fully saturated rings. The smallest absolute Gasteiger partial charge is 0.308 e. The van der Waals surface area contributed by atoms with Gasteiger partial charge in [-0.2, -0.15) is 0 Å². The SMILES string of the molecule is C[C@@H]1[C@H](OC(=O)CCC(=O)NC(C)(C)CO)O[C@H]2O[C@]3(C)CC[C@H]4[C@H](C)CC[C@@H]1[C@@]24OO3. The first-order valence-electron chi connectivity index (χ1n) is 11.8. The molecule has 0 unspecified atom stereocenters. The van der Waals surface area contributed by atoms with Crippen molar-refractivity contribution in [3.05, 3.63) is 0 Å². The average molecular weight is 456 g/mol. The number of esters is 1. The molecule has 182 valence electrons. The van der Waals surface area contributed by atoms with Crippen LogP contribution in [0.1, 0.15) is 73.1 Å². The highest BCUT2D eigenvalue weighted by atomic mass is 17.3. The molecule has 1 amide bonds. The van der Waals surface area contributed by atoms with Gasteiger partial charge in [0.25, 0.3) is 0 Å². The molecule has 9 nitrogen and oxygen atoms in total. The summed E-state index contributed by atoms with van der Waals surface area (Å²) in [4.78, 5) is 36.5. The van der Waals surface area contributed by atoms with Gasteiger partial charge in [0.05, 0.1) is 18.6 Å². The standard InChI is InChI=1S/C23H37NO8/c1-13-6-7-16-14(2)19(28-18(27)9-8-17(26)24-21(3,4)12-25)29-20-23(16)15(13)10-11-22(5,30-20)31-32-23/h13-16,19-20,25H,6-12H2,1-5H3,(H,24,26)/t13-,14+,15+,16+,19-,20+,22+,23-/m1/s1. The monoisotopic (exact) mass is 455 g/mol. The minimum Gasteiger partial charge on any atom is -0.435 e. The Morgan fingerprint density at radius 3 is 2.59 bits per heavy atom. The first-order valence-corrected chi connectivity index (χ1v) is 11.8. The Hall–Kier alpha value is -1.26. The molecule has 0 aromatic rings. The van der Waals surface area contributed by atoms with Gasteiger partial charge in [-0.05, 0) is 51.9 Å². The molecule has 0 aromatic heterocycles. The first kappa shape index (κ1) is 23.9. The van der Waals surface area contributed by atoms with Gasteiger partial charge in [0.15, 0.2) is 11.9 Å². The number of carbonyl (C=O) groups is 2. The third-order valence-corrected chi connectivity index (χ3v) is 7.77. The number of nitrogens with one attached hydrogen (secondary N) is 1. The van der Waals surface area contributed by atoms with E-state index < -0.39 is 35.5 Å². The Balaban J connectivity index is 1.43. The number of amides is 1. The summed E-state index contributed by atoms with van der Waals surface area (Å²) < 4.78 is 18.2. The van der Waals surface area contributed by atoms with Gasteiger partial charge in [-0.1, -0.05) is 13.8 Å². The van der Waals surface area contributed by atoms with E-state index in [2.05, 4.69) is 12.2 Å². The molecule has 4 heterocycles. The molecule has 1 saturated carbocycles. The number of hydrogen-bond donors (Lipinski definition) is 2. The number of fused-ring (bicyclic) bond motifs is 2. The number of aliphatic hydroxyl groups is 1. The van der Waals surface area contributed by atoms with Crippen LogP contribution in [0.25, 0.3) is 0 Å². The number of hydrogen-bond acceptors (Lipinski definition) is 8. The highest BCUT2D eigenvalue weighted by Crippen LogP contribution is 2.60. The fraction of sp³-hybridized carbons (Fsp3) is 0.913. The van der Waals surface area contributed by atoms with Crippen LogP contribution in [-0.4, -0.2) is 53.1 Å². The summed E-state index contributed by atoms with van der Waals surface area (Å²) in [5.41, 5.74) is -1.44. The molecule has 32 heavy (non-hydrogen) atoms. The largest absolute Gasteiger partial charge is 0.435 e. The van der Waals surface area contributed by atoms with Gasteiger partial charge in [-0.25, -0.2) is 9.78 Å². The van der Waals surface area contributed by atoms with Crippen molar-refractivity contribution in [3.8, 4) is 0 Å². The van der Waals surface area contributed by atoms with Crippen molar-refractivity contribution in [2.75, 3.05) is 6.61 Å². The predicted octanol–water partition coefficient (Wildman–Crippen LogP) is 2.40. The van der Waals surface area contributed by atoms with Gasteiger partial charge in [-0.15, -0.1) is 0 Å². The Morgan fingerprint density at radius 2 is 1.88 bits per heavy atom. The summed E-state index contributed by atoms with van der Waals surface area (Å²) in [6.45, 7) is 9.34. The maximum atomic E-state index is 12.5. The summed E-state index contributed by atoms with van der Waals surface area (Å²) in [5.74, 6) is -1.04. The zero-order valence-electron chi connectivity index (χ0n) is 19.7. The average Bonchev–Trinajstić information content (AvgIpc) is 2.96. The van der Waals surface area contributed by atoms with Crippen LogP contribution >= 0.6 is 0 Å². The highest BCUT2D eigenvalue weighted by molar-refractivity contribution is 5.81. The molecule has 4 aliphatic heterocycles.